The summed E-state index contributed by atoms with van der Waals surface area (Å²) in [5.74, 6) is -0.638. The highest BCUT2D eigenvalue weighted by Crippen LogP contribution is 2.33. The lowest BCUT2D eigenvalue weighted by Gasteiger charge is -2.27. The summed E-state index contributed by atoms with van der Waals surface area (Å²) in [6.07, 6.45) is 5.19. The Morgan fingerprint density at radius 3 is 2.71 bits per heavy atom. The van der Waals surface area contributed by atoms with Crippen molar-refractivity contribution in [3.05, 3.63) is 66.0 Å². The molecule has 1 N–H and O–H groups in total. The Labute approximate surface area is 163 Å². The van der Waals surface area contributed by atoms with E-state index in [1.54, 1.807) is 36.4 Å². The molecule has 3 heterocycles. The number of hydrogen-bond acceptors (Lipinski definition) is 4. The Balaban J connectivity index is 1.52. The lowest BCUT2D eigenvalue weighted by molar-refractivity contribution is -0.139. The fourth-order valence-corrected chi connectivity index (χ4v) is 4.02. The van der Waals surface area contributed by atoms with Crippen molar-refractivity contribution in [2.75, 3.05) is 13.1 Å². The third kappa shape index (κ3) is 3.02. The van der Waals surface area contributed by atoms with E-state index in [0.29, 0.717) is 12.1 Å². The minimum absolute atomic E-state index is 0.0672. The fraction of sp³-hybridized carbons (Fsp3) is 0.333. The van der Waals surface area contributed by atoms with Gasteiger partial charge in [0.2, 0.25) is 5.91 Å². The largest absolute Gasteiger partial charge is 0.334 e. The third-order valence-corrected chi connectivity index (χ3v) is 5.56. The van der Waals surface area contributed by atoms with Gasteiger partial charge in [-0.15, -0.1) is 0 Å². The highest BCUT2D eigenvalue weighted by molar-refractivity contribution is 6.09. The smallest absolute Gasteiger partial charge is 0.325 e. The van der Waals surface area contributed by atoms with Crippen LogP contribution in [0, 0.1) is 0 Å². The standard InChI is InChI=1S/C21H22N4O3/c1-21(16-8-3-2-4-9-16)19(27)25(20(28)23-21)14-18(26)24-12-6-10-17(24)15-7-5-11-22-13-15/h2-5,7-9,11,13,17H,6,10,12,14H2,1H3,(H,23,28). The van der Waals surface area contributed by atoms with Crippen LogP contribution < -0.4 is 5.32 Å². The molecule has 2 aliphatic heterocycles. The van der Waals surface area contributed by atoms with Crippen LogP contribution in [0.4, 0.5) is 4.79 Å². The maximum Gasteiger partial charge on any atom is 0.325 e. The molecule has 0 saturated carbocycles. The predicted octanol–water partition coefficient (Wildman–Crippen LogP) is 2.21. The zero-order valence-corrected chi connectivity index (χ0v) is 15.7. The number of benzene rings is 1. The van der Waals surface area contributed by atoms with Crippen LogP contribution in [0.1, 0.15) is 36.9 Å². The van der Waals surface area contributed by atoms with Crippen LogP contribution in [0.5, 0.6) is 0 Å². The fourth-order valence-electron chi connectivity index (χ4n) is 4.02. The summed E-state index contributed by atoms with van der Waals surface area (Å²) < 4.78 is 0. The third-order valence-electron chi connectivity index (χ3n) is 5.56. The van der Waals surface area contributed by atoms with E-state index in [0.717, 1.165) is 23.3 Å². The van der Waals surface area contributed by atoms with Crippen molar-refractivity contribution in [2.45, 2.75) is 31.3 Å². The lowest BCUT2D eigenvalue weighted by Crippen LogP contribution is -2.44. The number of amides is 4. The van der Waals surface area contributed by atoms with Gasteiger partial charge in [-0.2, -0.15) is 0 Å². The molecule has 1 aromatic heterocycles. The number of pyridine rings is 1. The van der Waals surface area contributed by atoms with Gasteiger partial charge in [-0.1, -0.05) is 36.4 Å². The predicted molar refractivity (Wildman–Crippen MR) is 102 cm³/mol. The van der Waals surface area contributed by atoms with Gasteiger partial charge >= 0.3 is 6.03 Å². The average molecular weight is 378 g/mol. The van der Waals surface area contributed by atoms with Gasteiger partial charge in [-0.3, -0.25) is 19.5 Å². The molecule has 4 amide bonds. The van der Waals surface area contributed by atoms with Crippen molar-refractivity contribution in [1.82, 2.24) is 20.1 Å². The summed E-state index contributed by atoms with van der Waals surface area (Å²) in [6, 6.07) is 12.3. The molecule has 7 nitrogen and oxygen atoms in total. The van der Waals surface area contributed by atoms with Crippen molar-refractivity contribution < 1.29 is 14.4 Å². The molecule has 2 unspecified atom stereocenters. The van der Waals surface area contributed by atoms with Crippen molar-refractivity contribution in [3.63, 3.8) is 0 Å². The van der Waals surface area contributed by atoms with Crippen molar-refractivity contribution in [2.24, 2.45) is 0 Å². The van der Waals surface area contributed by atoms with Crippen molar-refractivity contribution >= 4 is 17.8 Å². The molecule has 28 heavy (non-hydrogen) atoms. The van der Waals surface area contributed by atoms with E-state index in [2.05, 4.69) is 10.3 Å². The van der Waals surface area contributed by atoms with Crippen LogP contribution in [0.25, 0.3) is 0 Å². The maximum absolute atomic E-state index is 13.0. The summed E-state index contributed by atoms with van der Waals surface area (Å²) in [4.78, 5) is 45.3. The van der Waals surface area contributed by atoms with Crippen LogP contribution in [-0.4, -0.2) is 45.7 Å². The van der Waals surface area contributed by atoms with Crippen LogP contribution in [0.3, 0.4) is 0 Å². The van der Waals surface area contributed by atoms with E-state index in [1.807, 2.05) is 30.3 Å². The molecule has 0 bridgehead atoms. The van der Waals surface area contributed by atoms with Gasteiger partial charge in [0.05, 0.1) is 6.04 Å². The normalized spacial score (nSPS) is 24.5. The van der Waals surface area contributed by atoms with E-state index >= 15 is 0 Å². The highest BCUT2D eigenvalue weighted by atomic mass is 16.2. The molecule has 144 valence electrons. The van der Waals surface area contributed by atoms with Gasteiger partial charge in [0.1, 0.15) is 12.1 Å². The number of hydrogen-bond donors (Lipinski definition) is 1. The number of aromatic nitrogens is 1. The van der Waals surface area contributed by atoms with Gasteiger partial charge in [0, 0.05) is 18.9 Å². The molecule has 2 atom stereocenters. The van der Waals surface area contributed by atoms with Gasteiger partial charge in [-0.05, 0) is 37.0 Å². The summed E-state index contributed by atoms with van der Waals surface area (Å²) in [5, 5.41) is 2.74. The minimum atomic E-state index is -1.16. The molecule has 7 heteroatoms. The van der Waals surface area contributed by atoms with Crippen LogP contribution in [0.2, 0.25) is 0 Å². The minimum Gasteiger partial charge on any atom is -0.334 e. The summed E-state index contributed by atoms with van der Waals surface area (Å²) in [7, 11) is 0. The zero-order chi connectivity index (χ0) is 19.7. The van der Waals surface area contributed by atoms with Gasteiger partial charge in [0.25, 0.3) is 5.91 Å². The molecule has 2 aliphatic rings. The number of nitrogens with zero attached hydrogens (tertiary/aromatic N) is 3. The molecule has 0 spiro atoms. The Bertz CT molecular complexity index is 902. The van der Waals surface area contributed by atoms with Crippen LogP contribution in [-0.2, 0) is 15.1 Å². The Hall–Kier alpha value is -3.22. The van der Waals surface area contributed by atoms with Crippen molar-refractivity contribution in [1.29, 1.82) is 0 Å². The molecule has 2 aromatic rings. The number of urea groups is 1. The molecule has 0 radical (unpaired) electrons. The van der Waals surface area contributed by atoms with E-state index in [4.69, 9.17) is 0 Å². The Kier molecular flexibility index (Phi) is 4.58. The first-order valence-electron chi connectivity index (χ1n) is 9.40. The van der Waals surface area contributed by atoms with Crippen molar-refractivity contribution in [3.8, 4) is 0 Å². The molecule has 2 fully saturated rings. The second-order valence-corrected chi connectivity index (χ2v) is 7.34. The number of carbonyl (C=O) groups is 3. The number of likely N-dealkylation sites (tertiary alicyclic amines) is 1. The van der Waals surface area contributed by atoms with Gasteiger partial charge < -0.3 is 10.2 Å². The van der Waals surface area contributed by atoms with Gasteiger partial charge in [-0.25, -0.2) is 4.79 Å². The second kappa shape index (κ2) is 7.07. The monoisotopic (exact) mass is 378 g/mol. The first-order valence-corrected chi connectivity index (χ1v) is 9.40. The highest BCUT2D eigenvalue weighted by Gasteiger charge is 2.50. The first-order chi connectivity index (χ1) is 13.5. The Morgan fingerprint density at radius 1 is 1.21 bits per heavy atom. The quantitative estimate of drug-likeness (QED) is 0.827. The van der Waals surface area contributed by atoms with Crippen LogP contribution >= 0.6 is 0 Å². The summed E-state index contributed by atoms with van der Waals surface area (Å²) >= 11 is 0. The van der Waals surface area contributed by atoms with E-state index < -0.39 is 17.5 Å². The Morgan fingerprint density at radius 2 is 2.00 bits per heavy atom. The van der Waals surface area contributed by atoms with E-state index in [-0.39, 0.29) is 18.5 Å². The summed E-state index contributed by atoms with van der Waals surface area (Å²) in [6.45, 7) is 2.02. The van der Waals surface area contributed by atoms with Crippen LogP contribution in [0.15, 0.2) is 54.9 Å². The molecular weight excluding hydrogens is 356 g/mol. The van der Waals surface area contributed by atoms with Gasteiger partial charge in [0.15, 0.2) is 0 Å². The maximum atomic E-state index is 13.0. The molecule has 4 rings (SSSR count). The molecule has 0 aliphatic carbocycles. The average Bonchev–Trinajstić information content (AvgIpc) is 3.29. The second-order valence-electron chi connectivity index (χ2n) is 7.34. The number of rotatable bonds is 4. The number of imide groups is 1. The molecular formula is C21H22N4O3. The first kappa shape index (κ1) is 18.2. The number of carbonyl (C=O) groups excluding carboxylic acids is 3. The number of nitrogens with one attached hydrogen (secondary N) is 1. The van der Waals surface area contributed by atoms with E-state index in [9.17, 15) is 14.4 Å². The van der Waals surface area contributed by atoms with E-state index in [1.165, 1.54) is 0 Å². The SMILES string of the molecule is CC1(c2ccccc2)NC(=O)N(CC(=O)N2CCCC2c2cccnc2)C1=O. The zero-order valence-electron chi connectivity index (χ0n) is 15.7. The molecule has 2 saturated heterocycles. The molecule has 1 aromatic carbocycles. The topological polar surface area (TPSA) is 82.6 Å². The summed E-state index contributed by atoms with van der Waals surface area (Å²) in [5.41, 5.74) is 0.504. The lowest BCUT2D eigenvalue weighted by atomic mass is 9.92.